The number of rotatable bonds is 9. The number of H-pyrrole nitrogens is 1. The first kappa shape index (κ1) is 25.2. The largest absolute Gasteiger partial charge is 2.00 e. The Morgan fingerprint density at radius 2 is 1.82 bits per heavy atom. The number of carbonyl (C=O) groups excluding carboxylic acids is 3. The Bertz CT molecular complexity index is 1230. The van der Waals surface area contributed by atoms with Crippen LogP contribution in [0.2, 0.25) is 0 Å². The van der Waals surface area contributed by atoms with E-state index < -0.39 is 35.9 Å². The fourth-order valence-electron chi connectivity index (χ4n) is 2.74. The Morgan fingerprint density at radius 1 is 1.12 bits per heavy atom. The molecule has 1 unspecified atom stereocenters. The van der Waals surface area contributed by atoms with E-state index in [0.717, 1.165) is 0 Å². The number of aromatic amines is 1. The van der Waals surface area contributed by atoms with Crippen LogP contribution in [0.3, 0.4) is 0 Å². The van der Waals surface area contributed by atoms with Crippen molar-refractivity contribution in [2.45, 2.75) is 25.4 Å². The molecule has 1 amide bonds. The minimum absolute atomic E-state index is 0. The van der Waals surface area contributed by atoms with Gasteiger partial charge in [0, 0.05) is 17.2 Å². The number of amides is 1. The van der Waals surface area contributed by atoms with Gasteiger partial charge < -0.3 is 36.2 Å². The molecule has 3 aromatic rings. The number of nitrogens with zero attached hydrogens (tertiary/aromatic N) is 3. The summed E-state index contributed by atoms with van der Waals surface area (Å²) in [5.74, 6) is -3.78. The number of carbonyl (C=O) groups is 3. The summed E-state index contributed by atoms with van der Waals surface area (Å²) in [6.07, 6.45) is 0.554. The third-order valence-electron chi connectivity index (χ3n) is 4.33. The van der Waals surface area contributed by atoms with Crippen LogP contribution in [0.15, 0.2) is 35.3 Å². The molecule has 0 aliphatic heterocycles. The van der Waals surface area contributed by atoms with Crippen molar-refractivity contribution in [2.24, 2.45) is 0 Å². The molecule has 14 heteroatoms. The van der Waals surface area contributed by atoms with Crippen LogP contribution in [-0.2, 0) is 33.2 Å². The second-order valence-electron chi connectivity index (χ2n) is 6.67. The molecule has 13 nitrogen and oxygen atoms in total. The summed E-state index contributed by atoms with van der Waals surface area (Å²) in [4.78, 5) is 60.2. The predicted octanol–water partition coefficient (Wildman–Crippen LogP) is -2.72. The van der Waals surface area contributed by atoms with Crippen molar-refractivity contribution in [3.05, 3.63) is 52.1 Å². The van der Waals surface area contributed by atoms with E-state index in [1.807, 2.05) is 0 Å². The van der Waals surface area contributed by atoms with Gasteiger partial charge in [-0.15, -0.1) is 0 Å². The van der Waals surface area contributed by atoms with E-state index in [-0.39, 0.29) is 52.7 Å². The molecular weight excluding hydrogens is 477 g/mol. The number of carboxylic acid groups (broad SMARTS) is 2. The first-order valence-electron chi connectivity index (χ1n) is 9.30. The molecular formula is C19H17MnN7O6. The molecule has 5 N–H and O–H groups in total. The minimum Gasteiger partial charge on any atom is -0.550 e. The molecule has 2 aromatic heterocycles. The van der Waals surface area contributed by atoms with Crippen LogP contribution in [0.4, 0.5) is 11.6 Å². The van der Waals surface area contributed by atoms with Gasteiger partial charge in [0.25, 0.3) is 11.5 Å². The van der Waals surface area contributed by atoms with E-state index in [0.29, 0.717) is 11.4 Å². The number of nitrogen functional groups attached to an aromatic ring is 1. The number of aromatic nitrogens is 4. The topological polar surface area (TPSA) is 219 Å². The zero-order chi connectivity index (χ0) is 23.3. The molecule has 0 saturated heterocycles. The second-order valence-corrected chi connectivity index (χ2v) is 6.67. The zero-order valence-corrected chi connectivity index (χ0v) is 18.0. The minimum atomic E-state index is -1.59. The van der Waals surface area contributed by atoms with Crippen LogP contribution in [0, 0.1) is 0 Å². The zero-order valence-electron chi connectivity index (χ0n) is 16.8. The molecule has 1 radical (unpaired) electrons. The van der Waals surface area contributed by atoms with Crippen molar-refractivity contribution < 1.29 is 41.7 Å². The van der Waals surface area contributed by atoms with Crippen LogP contribution >= 0.6 is 0 Å². The van der Waals surface area contributed by atoms with Gasteiger partial charge in [0.2, 0.25) is 5.95 Å². The number of benzene rings is 1. The molecule has 171 valence electrons. The van der Waals surface area contributed by atoms with Crippen molar-refractivity contribution in [2.75, 3.05) is 11.1 Å². The van der Waals surface area contributed by atoms with E-state index in [9.17, 15) is 29.4 Å². The van der Waals surface area contributed by atoms with Crippen LogP contribution in [-0.4, -0.2) is 43.8 Å². The summed E-state index contributed by atoms with van der Waals surface area (Å²) in [6.45, 7) is 0.217. The fraction of sp³-hybridized carbons (Fsp3) is 0.211. The van der Waals surface area contributed by atoms with Crippen molar-refractivity contribution in [1.82, 2.24) is 25.3 Å². The number of carboxylic acids is 2. The standard InChI is InChI=1S/C19H19N7O6.Mn/c20-19-25-15-14(17(30)26-19)23-11(8-22-15)7-21-10-3-1-9(2-4-10)16(29)24-12(18(31)32)5-6-13(27)28;/h1-4,8,12,21H,5-7H2,(H,24,29)(H,27,28)(H,31,32)(H3,20,22,25,26,30);/q;+2/p-2. The maximum absolute atomic E-state index is 12.2. The summed E-state index contributed by atoms with van der Waals surface area (Å²) in [5.41, 5.74) is 6.37. The number of aliphatic carboxylic acids is 2. The van der Waals surface area contributed by atoms with Crippen molar-refractivity contribution in [3.63, 3.8) is 0 Å². The molecule has 0 aliphatic carbocycles. The van der Waals surface area contributed by atoms with Gasteiger partial charge in [-0.05, 0) is 37.1 Å². The summed E-state index contributed by atoms with van der Waals surface area (Å²) >= 11 is 0. The first-order chi connectivity index (χ1) is 15.2. The van der Waals surface area contributed by atoms with Gasteiger partial charge in [-0.3, -0.25) is 14.6 Å². The van der Waals surface area contributed by atoms with Gasteiger partial charge in [0.15, 0.2) is 11.2 Å². The summed E-state index contributed by atoms with van der Waals surface area (Å²) < 4.78 is 0. The first-order valence-corrected chi connectivity index (χ1v) is 9.30. The molecule has 0 spiro atoms. The van der Waals surface area contributed by atoms with Gasteiger partial charge in [-0.25, -0.2) is 9.97 Å². The van der Waals surface area contributed by atoms with Crippen LogP contribution in [0.1, 0.15) is 28.9 Å². The van der Waals surface area contributed by atoms with Gasteiger partial charge in [0.1, 0.15) is 0 Å². The number of fused-ring (bicyclic) bond motifs is 1. The van der Waals surface area contributed by atoms with E-state index >= 15 is 0 Å². The van der Waals surface area contributed by atoms with Crippen LogP contribution < -0.4 is 32.1 Å². The van der Waals surface area contributed by atoms with Gasteiger partial charge in [-0.1, -0.05) is 0 Å². The van der Waals surface area contributed by atoms with E-state index in [2.05, 4.69) is 30.6 Å². The monoisotopic (exact) mass is 494 g/mol. The Kier molecular flexibility index (Phi) is 8.42. The Morgan fingerprint density at radius 3 is 2.45 bits per heavy atom. The molecule has 33 heavy (non-hydrogen) atoms. The molecule has 2 heterocycles. The number of nitrogens with two attached hydrogens (primary N) is 1. The SMILES string of the molecule is Nc1nc2ncc(CNc3ccc(C(=O)NC(CCC(=O)[O-])C(=O)[O-])cc3)nc2c(=O)[nH]1.[Mn+2]. The molecule has 0 saturated carbocycles. The Hall–Kier alpha value is -4.03. The average Bonchev–Trinajstić information content (AvgIpc) is 2.75. The number of nitrogens with one attached hydrogen (secondary N) is 3. The number of hydrogen-bond acceptors (Lipinski definition) is 11. The van der Waals surface area contributed by atoms with Crippen molar-refractivity contribution in [1.29, 1.82) is 0 Å². The smallest absolute Gasteiger partial charge is 0.550 e. The Balaban J connectivity index is 0.00000385. The maximum Gasteiger partial charge on any atom is 2.00 e. The molecule has 0 bridgehead atoms. The molecule has 0 fully saturated rings. The summed E-state index contributed by atoms with van der Waals surface area (Å²) in [7, 11) is 0. The third kappa shape index (κ3) is 6.72. The van der Waals surface area contributed by atoms with E-state index in [1.165, 1.54) is 18.3 Å². The maximum atomic E-state index is 12.2. The molecule has 1 atom stereocenters. The van der Waals surface area contributed by atoms with Gasteiger partial charge >= 0.3 is 17.1 Å². The normalized spacial score (nSPS) is 11.3. The quantitative estimate of drug-likeness (QED) is 0.224. The summed E-state index contributed by atoms with van der Waals surface area (Å²) in [5, 5.41) is 26.8. The van der Waals surface area contributed by atoms with E-state index in [1.54, 1.807) is 12.1 Å². The molecule has 3 rings (SSSR count). The summed E-state index contributed by atoms with van der Waals surface area (Å²) in [6, 6.07) is 4.59. The predicted molar refractivity (Wildman–Crippen MR) is 107 cm³/mol. The second kappa shape index (κ2) is 11.0. The fourth-order valence-corrected chi connectivity index (χ4v) is 2.74. The van der Waals surface area contributed by atoms with Crippen molar-refractivity contribution >= 4 is 40.6 Å². The number of anilines is 2. The average molecular weight is 494 g/mol. The third-order valence-corrected chi connectivity index (χ3v) is 4.33. The van der Waals surface area contributed by atoms with E-state index in [4.69, 9.17) is 5.73 Å². The van der Waals surface area contributed by atoms with Crippen LogP contribution in [0.25, 0.3) is 11.2 Å². The molecule has 0 aliphatic rings. The van der Waals surface area contributed by atoms with Gasteiger partial charge in [0.05, 0.1) is 30.4 Å². The van der Waals surface area contributed by atoms with Gasteiger partial charge in [-0.2, -0.15) is 4.98 Å². The molecule has 1 aromatic carbocycles. The van der Waals surface area contributed by atoms with Crippen molar-refractivity contribution in [3.8, 4) is 0 Å². The number of hydrogen-bond donors (Lipinski definition) is 4. The van der Waals surface area contributed by atoms with Crippen LogP contribution in [0.5, 0.6) is 0 Å². The Labute approximate surface area is 196 Å².